The van der Waals surface area contributed by atoms with E-state index in [0.29, 0.717) is 22.8 Å². The average molecular weight is 664 g/mol. The van der Waals surface area contributed by atoms with E-state index in [4.69, 9.17) is 4.74 Å². The molecule has 13 heteroatoms. The molecule has 3 fully saturated rings. The first kappa shape index (κ1) is 30.7. The molecule has 0 spiro atoms. The summed E-state index contributed by atoms with van der Waals surface area (Å²) in [5.74, 6) is -4.18. The summed E-state index contributed by atoms with van der Waals surface area (Å²) in [4.78, 5) is 69.0. The van der Waals surface area contributed by atoms with E-state index in [1.807, 2.05) is 45.0 Å². The fourth-order valence-corrected chi connectivity index (χ4v) is 11.3. The highest BCUT2D eigenvalue weighted by Crippen LogP contribution is 2.69. The summed E-state index contributed by atoms with van der Waals surface area (Å²) in [6, 6.07) is 11.1. The summed E-state index contributed by atoms with van der Waals surface area (Å²) in [7, 11) is 0. The third-order valence-electron chi connectivity index (χ3n) is 10.1. The topological polar surface area (TPSA) is 160 Å². The van der Waals surface area contributed by atoms with E-state index < -0.39 is 46.5 Å². The van der Waals surface area contributed by atoms with Crippen LogP contribution in [0, 0.1) is 52.5 Å². The molecule has 2 amide bonds. The van der Waals surface area contributed by atoms with Crippen LogP contribution in [0.25, 0.3) is 0 Å². The number of nitrogens with zero attached hydrogens (tertiary/aromatic N) is 2. The molecule has 7 rings (SSSR count). The lowest BCUT2D eigenvalue weighted by atomic mass is 9.68. The quantitative estimate of drug-likeness (QED) is 0.178. The Kier molecular flexibility index (Phi) is 7.58. The number of likely N-dealkylation sites (tertiary alicyclic amines) is 1. The van der Waals surface area contributed by atoms with E-state index in [1.54, 1.807) is 6.07 Å². The SMILES string of the molecule is Cc1cccc(COc2ccc([N+](=O)[O-])cc2[C@H]2c3sc(=O)[nH]c3SC3C4CC(C5C(=O)N(C(CC(C)C)C(=O)O)C(=O)C45)C32)c1. The molecule has 46 heavy (non-hydrogen) atoms. The summed E-state index contributed by atoms with van der Waals surface area (Å²) in [5.41, 5.74) is 2.45. The molecule has 2 bridgehead atoms. The third kappa shape index (κ3) is 4.86. The van der Waals surface area contributed by atoms with Gasteiger partial charge in [0.2, 0.25) is 11.8 Å². The molecule has 8 atom stereocenters. The van der Waals surface area contributed by atoms with Gasteiger partial charge in [-0.25, -0.2) is 4.79 Å². The molecule has 4 aliphatic rings. The number of carboxylic acids is 1. The van der Waals surface area contributed by atoms with Crippen LogP contribution in [0.2, 0.25) is 0 Å². The Labute approximate surface area is 272 Å². The number of hydrogen-bond donors (Lipinski definition) is 2. The number of nitro groups is 1. The Morgan fingerprint density at radius 3 is 2.54 bits per heavy atom. The first-order valence-electron chi connectivity index (χ1n) is 15.4. The molecule has 0 radical (unpaired) electrons. The number of aryl methyl sites for hydroxylation is 1. The van der Waals surface area contributed by atoms with Gasteiger partial charge < -0.3 is 14.8 Å². The number of aromatic nitrogens is 1. The van der Waals surface area contributed by atoms with Crippen LogP contribution in [-0.2, 0) is 21.0 Å². The van der Waals surface area contributed by atoms with Crippen LogP contribution in [0.15, 0.2) is 52.3 Å². The molecule has 2 aliphatic heterocycles. The van der Waals surface area contributed by atoms with Gasteiger partial charge in [-0.2, -0.15) is 0 Å². The van der Waals surface area contributed by atoms with Gasteiger partial charge in [-0.1, -0.05) is 55.0 Å². The molecular formula is C33H33N3O8S2. The summed E-state index contributed by atoms with van der Waals surface area (Å²) < 4.78 is 6.35. The fourth-order valence-electron chi connectivity index (χ4n) is 8.45. The highest BCUT2D eigenvalue weighted by Gasteiger charge is 2.70. The number of non-ortho nitro benzene ring substituents is 1. The number of aromatic amines is 1. The van der Waals surface area contributed by atoms with Crippen molar-refractivity contribution in [2.24, 2.45) is 35.5 Å². The van der Waals surface area contributed by atoms with Gasteiger partial charge in [0, 0.05) is 33.7 Å². The lowest BCUT2D eigenvalue weighted by molar-refractivity contribution is -0.385. The third-order valence-corrected chi connectivity index (χ3v) is 12.7. The first-order chi connectivity index (χ1) is 21.9. The normalized spacial score (nSPS) is 28.3. The number of carbonyl (C=O) groups excluding carboxylic acids is 2. The van der Waals surface area contributed by atoms with Gasteiger partial charge in [-0.15, -0.1) is 11.8 Å². The molecule has 2 saturated carbocycles. The Bertz CT molecular complexity index is 1830. The van der Waals surface area contributed by atoms with Crippen molar-refractivity contribution in [2.75, 3.05) is 0 Å². The molecule has 7 unspecified atom stereocenters. The lowest BCUT2D eigenvalue weighted by Gasteiger charge is -2.43. The Morgan fingerprint density at radius 2 is 1.87 bits per heavy atom. The Hall–Kier alpha value is -3.97. The van der Waals surface area contributed by atoms with Crippen molar-refractivity contribution in [1.29, 1.82) is 0 Å². The van der Waals surface area contributed by atoms with Crippen LogP contribution in [0.3, 0.4) is 0 Å². The van der Waals surface area contributed by atoms with Gasteiger partial charge in [0.1, 0.15) is 18.4 Å². The van der Waals surface area contributed by atoms with Crippen LogP contribution in [0.4, 0.5) is 5.69 Å². The first-order valence-corrected chi connectivity index (χ1v) is 17.1. The van der Waals surface area contributed by atoms with Gasteiger partial charge in [0.05, 0.1) is 21.8 Å². The van der Waals surface area contributed by atoms with Crippen LogP contribution < -0.4 is 9.61 Å². The molecule has 2 aromatic carbocycles. The largest absolute Gasteiger partial charge is 0.489 e. The van der Waals surface area contributed by atoms with E-state index in [2.05, 4.69) is 4.98 Å². The van der Waals surface area contributed by atoms with E-state index in [9.17, 15) is 34.4 Å². The predicted octanol–water partition coefficient (Wildman–Crippen LogP) is 5.20. The minimum absolute atomic E-state index is 0.0405. The number of nitro benzene ring substituents is 1. The number of thioether (sulfide) groups is 1. The van der Waals surface area contributed by atoms with E-state index in [1.165, 1.54) is 23.9 Å². The number of imide groups is 1. The van der Waals surface area contributed by atoms with Crippen LogP contribution in [0.5, 0.6) is 5.75 Å². The number of rotatable bonds is 9. The fraction of sp³-hybridized carbons (Fsp3) is 0.455. The number of thiazole rings is 1. The summed E-state index contributed by atoms with van der Waals surface area (Å²) in [5, 5.41) is 22.5. The zero-order valence-electron chi connectivity index (χ0n) is 25.4. The number of hydrogen-bond acceptors (Lipinski definition) is 9. The van der Waals surface area contributed by atoms with Crippen molar-refractivity contribution in [3.05, 3.63) is 83.8 Å². The molecule has 3 heterocycles. The van der Waals surface area contributed by atoms with Crippen LogP contribution in [-0.4, -0.2) is 49.0 Å². The molecule has 240 valence electrons. The number of ether oxygens (including phenoxy) is 1. The van der Waals surface area contributed by atoms with Crippen molar-refractivity contribution in [3.63, 3.8) is 0 Å². The maximum absolute atomic E-state index is 14.0. The second-order valence-electron chi connectivity index (χ2n) is 13.2. The number of fused-ring (bicyclic) bond motifs is 9. The number of aliphatic carboxylic acids is 1. The zero-order valence-corrected chi connectivity index (χ0v) is 27.0. The van der Waals surface area contributed by atoms with Crippen molar-refractivity contribution in [1.82, 2.24) is 9.88 Å². The Morgan fingerprint density at radius 1 is 1.13 bits per heavy atom. The summed E-state index contributed by atoms with van der Waals surface area (Å²) >= 11 is 2.55. The van der Waals surface area contributed by atoms with E-state index in [0.717, 1.165) is 32.2 Å². The number of nitrogens with one attached hydrogen (secondary N) is 1. The average Bonchev–Trinajstić information content (AvgIpc) is 3.73. The molecule has 3 aromatic rings. The van der Waals surface area contributed by atoms with Crippen LogP contribution in [0.1, 0.15) is 54.2 Å². The Balaban J connectivity index is 1.31. The van der Waals surface area contributed by atoms with Crippen molar-refractivity contribution >= 4 is 46.6 Å². The number of benzene rings is 2. The van der Waals surface area contributed by atoms with Gasteiger partial charge in [0.25, 0.3) is 5.69 Å². The predicted molar refractivity (Wildman–Crippen MR) is 170 cm³/mol. The number of carbonyl (C=O) groups is 3. The number of carboxylic acid groups (broad SMARTS) is 1. The lowest BCUT2D eigenvalue weighted by Crippen LogP contribution is -2.47. The molecule has 1 aromatic heterocycles. The number of amides is 2. The second-order valence-corrected chi connectivity index (χ2v) is 15.5. The van der Waals surface area contributed by atoms with Gasteiger partial charge in [-0.3, -0.25) is 29.4 Å². The maximum atomic E-state index is 14.0. The van der Waals surface area contributed by atoms with Gasteiger partial charge >= 0.3 is 10.8 Å². The zero-order chi connectivity index (χ0) is 32.6. The van der Waals surface area contributed by atoms with Crippen molar-refractivity contribution in [2.45, 2.75) is 62.5 Å². The van der Waals surface area contributed by atoms with Gasteiger partial charge in [0.15, 0.2) is 0 Å². The standard InChI is InChI=1S/C33H33N3O8S2/c1-14(2)9-21(32(39)40)35-30(37)25-19-12-20(26(25)31(35)38)27-24(19)23(28-29(45-27)34-33(41)46-28)18-11-17(36(42)43)7-8-22(18)44-13-16-6-4-5-15(3)10-16/h4-8,10-11,14,19-21,23-27H,9,12-13H2,1-3H3,(H,34,41)(H,39,40)/t19?,20?,21?,23-,24?,25?,26?,27?/m1/s1. The van der Waals surface area contributed by atoms with E-state index in [-0.39, 0.29) is 52.5 Å². The van der Waals surface area contributed by atoms with Crippen LogP contribution >= 0.6 is 23.1 Å². The molecule has 11 nitrogen and oxygen atoms in total. The van der Waals surface area contributed by atoms with Crippen molar-refractivity contribution in [3.8, 4) is 5.75 Å². The summed E-state index contributed by atoms with van der Waals surface area (Å²) in [6.45, 7) is 5.93. The number of H-pyrrole nitrogens is 1. The maximum Gasteiger partial charge on any atom is 0.326 e. The molecule has 2 aliphatic carbocycles. The minimum Gasteiger partial charge on any atom is -0.489 e. The molecule has 2 N–H and O–H groups in total. The van der Waals surface area contributed by atoms with E-state index >= 15 is 0 Å². The highest BCUT2D eigenvalue weighted by molar-refractivity contribution is 8.00. The minimum atomic E-state index is -1.23. The van der Waals surface area contributed by atoms with Crippen molar-refractivity contribution < 1.29 is 29.2 Å². The van der Waals surface area contributed by atoms with Gasteiger partial charge in [-0.05, 0) is 55.1 Å². The molecular weight excluding hydrogens is 631 g/mol. The highest BCUT2D eigenvalue weighted by atomic mass is 32.2. The monoisotopic (exact) mass is 663 g/mol. The second kappa shape index (κ2) is 11.4. The smallest absolute Gasteiger partial charge is 0.326 e. The summed E-state index contributed by atoms with van der Waals surface area (Å²) in [6.07, 6.45) is 0.772. The molecule has 1 saturated heterocycles.